The summed E-state index contributed by atoms with van der Waals surface area (Å²) in [6.45, 7) is 0.869. The molecule has 3 heterocycles. The minimum absolute atomic E-state index is 0.0915. The van der Waals surface area contributed by atoms with Gasteiger partial charge in [0.2, 0.25) is 0 Å². The number of aromatic amines is 1. The highest BCUT2D eigenvalue weighted by Crippen LogP contribution is 2.33. The van der Waals surface area contributed by atoms with Crippen LogP contribution in [0.15, 0.2) is 58.5 Å². The second kappa shape index (κ2) is 10.7. The van der Waals surface area contributed by atoms with Gasteiger partial charge in [0.25, 0.3) is 11.1 Å². The molecule has 0 radical (unpaired) electrons. The Morgan fingerprint density at radius 3 is 2.38 bits per heavy atom. The molecule has 0 aliphatic rings. The maximum absolute atomic E-state index is 14.8. The first kappa shape index (κ1) is 28.7. The SMILES string of the molecule is CC(CC(F)Cn1ccc2cc(-c3ccc(C(F)(F)F)cn3)c(F)cc2c1=O)Nc1cn[nH]c(=O)c1C(F)(F)F. The predicted molar refractivity (Wildman–Crippen MR) is 129 cm³/mol. The number of benzene rings is 1. The van der Waals surface area contributed by atoms with Gasteiger partial charge in [-0.2, -0.15) is 31.4 Å². The van der Waals surface area contributed by atoms with Crippen LogP contribution in [0.1, 0.15) is 24.5 Å². The van der Waals surface area contributed by atoms with Crippen molar-refractivity contribution in [1.82, 2.24) is 19.7 Å². The van der Waals surface area contributed by atoms with Gasteiger partial charge in [0, 0.05) is 30.4 Å². The fourth-order valence-corrected chi connectivity index (χ4v) is 4.15. The fourth-order valence-electron chi connectivity index (χ4n) is 4.15. The van der Waals surface area contributed by atoms with Crippen LogP contribution in [0.5, 0.6) is 0 Å². The third-order valence-electron chi connectivity index (χ3n) is 5.98. The Balaban J connectivity index is 1.51. The summed E-state index contributed by atoms with van der Waals surface area (Å²) in [5, 5.41) is 7.53. The van der Waals surface area contributed by atoms with Crippen molar-refractivity contribution in [3.8, 4) is 11.3 Å². The Bertz CT molecular complexity index is 1650. The van der Waals surface area contributed by atoms with Gasteiger partial charge in [-0.05, 0) is 42.6 Å². The molecular weight excluding hydrogens is 554 g/mol. The number of hydrogen-bond donors (Lipinski definition) is 2. The molecule has 0 fully saturated rings. The summed E-state index contributed by atoms with van der Waals surface area (Å²) in [7, 11) is 0. The molecule has 40 heavy (non-hydrogen) atoms. The van der Waals surface area contributed by atoms with E-state index in [-0.39, 0.29) is 28.5 Å². The summed E-state index contributed by atoms with van der Waals surface area (Å²) in [5.74, 6) is -0.934. The van der Waals surface area contributed by atoms with Crippen molar-refractivity contribution in [2.24, 2.45) is 0 Å². The molecule has 0 saturated heterocycles. The molecule has 0 spiro atoms. The molecule has 0 aliphatic carbocycles. The lowest BCUT2D eigenvalue weighted by Crippen LogP contribution is -2.30. The summed E-state index contributed by atoms with van der Waals surface area (Å²) >= 11 is 0. The van der Waals surface area contributed by atoms with Crippen molar-refractivity contribution in [1.29, 1.82) is 0 Å². The number of rotatable bonds is 7. The molecule has 212 valence electrons. The Morgan fingerprint density at radius 1 is 1.02 bits per heavy atom. The summed E-state index contributed by atoms with van der Waals surface area (Å²) in [4.78, 5) is 28.1. The number of hydrogen-bond acceptors (Lipinski definition) is 5. The maximum atomic E-state index is 14.8. The van der Waals surface area contributed by atoms with Crippen LogP contribution in [0.3, 0.4) is 0 Å². The van der Waals surface area contributed by atoms with Crippen molar-refractivity contribution >= 4 is 16.5 Å². The monoisotopic (exact) mass is 573 g/mol. The van der Waals surface area contributed by atoms with Crippen LogP contribution >= 0.6 is 0 Å². The van der Waals surface area contributed by atoms with Crippen LogP contribution in [0.2, 0.25) is 0 Å². The molecule has 4 rings (SSSR count). The molecule has 15 heteroatoms. The average molecular weight is 573 g/mol. The first-order valence-corrected chi connectivity index (χ1v) is 11.6. The van der Waals surface area contributed by atoms with Gasteiger partial charge in [-0.25, -0.2) is 13.9 Å². The number of alkyl halides is 7. The van der Waals surface area contributed by atoms with Crippen LogP contribution in [0.25, 0.3) is 22.0 Å². The first-order valence-electron chi connectivity index (χ1n) is 11.6. The topological polar surface area (TPSA) is 92.7 Å². The number of halogens is 8. The van der Waals surface area contributed by atoms with Crippen molar-refractivity contribution in [2.75, 3.05) is 5.32 Å². The Morgan fingerprint density at radius 2 is 1.75 bits per heavy atom. The molecule has 2 atom stereocenters. The predicted octanol–water partition coefficient (Wildman–Crippen LogP) is 5.55. The standard InChI is InChI=1S/C25H19F8N5O2/c1-12(36-20-10-35-37-22(39)21(20)25(31,32)33)6-15(26)11-38-5-4-13-7-17(18(27)8-16(13)23(38)40)19-3-2-14(9-34-19)24(28,29)30/h2-5,7-10,12,15H,6,11H2,1H3,(H2,36,37,39). The van der Waals surface area contributed by atoms with Gasteiger partial charge < -0.3 is 9.88 Å². The molecule has 4 aromatic rings. The molecule has 2 N–H and O–H groups in total. The fraction of sp³-hybridized carbons (Fsp3) is 0.280. The van der Waals surface area contributed by atoms with Crippen molar-refractivity contribution < 1.29 is 35.1 Å². The van der Waals surface area contributed by atoms with E-state index in [1.807, 2.05) is 0 Å². The Labute approximate surface area is 219 Å². The van der Waals surface area contributed by atoms with Gasteiger partial charge in [0.1, 0.15) is 17.6 Å². The zero-order valence-electron chi connectivity index (χ0n) is 20.4. The molecular formula is C25H19F8N5O2. The highest BCUT2D eigenvalue weighted by atomic mass is 19.4. The van der Waals surface area contributed by atoms with Crippen LogP contribution in [-0.2, 0) is 18.9 Å². The lowest BCUT2D eigenvalue weighted by atomic mass is 10.0. The zero-order chi connectivity index (χ0) is 29.4. The van der Waals surface area contributed by atoms with Gasteiger partial charge in [0.05, 0.1) is 35.1 Å². The maximum Gasteiger partial charge on any atom is 0.423 e. The van der Waals surface area contributed by atoms with Crippen molar-refractivity contribution in [2.45, 2.75) is 44.5 Å². The summed E-state index contributed by atoms with van der Waals surface area (Å²) < 4.78 is 109. The molecule has 1 aromatic carbocycles. The van der Waals surface area contributed by atoms with E-state index in [0.29, 0.717) is 6.20 Å². The summed E-state index contributed by atoms with van der Waals surface area (Å²) in [6.07, 6.45) is -9.15. The van der Waals surface area contributed by atoms with Crippen molar-refractivity contribution in [3.05, 3.63) is 86.6 Å². The molecule has 0 bridgehead atoms. The number of pyridine rings is 2. The highest BCUT2D eigenvalue weighted by Gasteiger charge is 2.37. The highest BCUT2D eigenvalue weighted by molar-refractivity contribution is 5.86. The Hall–Kier alpha value is -4.30. The van der Waals surface area contributed by atoms with Crippen LogP contribution in [-0.4, -0.2) is 32.0 Å². The van der Waals surface area contributed by atoms with E-state index in [4.69, 9.17) is 0 Å². The molecule has 0 saturated carbocycles. The summed E-state index contributed by atoms with van der Waals surface area (Å²) in [6, 6.07) is 4.33. The number of nitrogens with zero attached hydrogens (tertiary/aromatic N) is 3. The van der Waals surface area contributed by atoms with E-state index in [1.165, 1.54) is 25.3 Å². The smallest absolute Gasteiger partial charge is 0.381 e. The molecule has 3 aromatic heterocycles. The number of H-pyrrole nitrogens is 1. The van der Waals surface area contributed by atoms with Crippen LogP contribution < -0.4 is 16.4 Å². The van der Waals surface area contributed by atoms with Crippen LogP contribution in [0, 0.1) is 5.82 Å². The van der Waals surface area contributed by atoms with E-state index in [2.05, 4.69) is 15.4 Å². The van der Waals surface area contributed by atoms with E-state index in [9.17, 15) is 44.7 Å². The lowest BCUT2D eigenvalue weighted by Gasteiger charge is -2.20. The minimum atomic E-state index is -4.98. The Kier molecular flexibility index (Phi) is 7.67. The summed E-state index contributed by atoms with van der Waals surface area (Å²) in [5.41, 5.74) is -5.62. The minimum Gasteiger partial charge on any atom is -0.381 e. The van der Waals surface area contributed by atoms with Gasteiger partial charge in [0.15, 0.2) is 0 Å². The van der Waals surface area contributed by atoms with E-state index in [0.717, 1.165) is 29.0 Å². The van der Waals surface area contributed by atoms with Gasteiger partial charge in [-0.15, -0.1) is 0 Å². The first-order chi connectivity index (χ1) is 18.6. The van der Waals surface area contributed by atoms with Gasteiger partial charge in [-0.1, -0.05) is 0 Å². The third-order valence-corrected chi connectivity index (χ3v) is 5.98. The van der Waals surface area contributed by atoms with Crippen LogP contribution in [0.4, 0.5) is 40.8 Å². The average Bonchev–Trinajstić information content (AvgIpc) is 2.84. The molecule has 7 nitrogen and oxygen atoms in total. The number of anilines is 1. The van der Waals surface area contributed by atoms with Crippen molar-refractivity contribution in [3.63, 3.8) is 0 Å². The zero-order valence-corrected chi connectivity index (χ0v) is 20.4. The molecule has 2 unspecified atom stereocenters. The second-order valence-electron chi connectivity index (χ2n) is 8.99. The lowest BCUT2D eigenvalue weighted by molar-refractivity contribution is -0.138. The van der Waals surface area contributed by atoms with Gasteiger partial charge in [-0.3, -0.25) is 14.6 Å². The number of fused-ring (bicyclic) bond motifs is 1. The molecule has 0 amide bonds. The third kappa shape index (κ3) is 6.13. The number of aromatic nitrogens is 4. The van der Waals surface area contributed by atoms with E-state index >= 15 is 0 Å². The molecule has 0 aliphatic heterocycles. The quantitative estimate of drug-likeness (QED) is 0.283. The van der Waals surface area contributed by atoms with E-state index < -0.39 is 64.9 Å². The van der Waals surface area contributed by atoms with Gasteiger partial charge >= 0.3 is 12.4 Å². The second-order valence-corrected chi connectivity index (χ2v) is 8.99. The largest absolute Gasteiger partial charge is 0.423 e. The van der Waals surface area contributed by atoms with E-state index in [1.54, 1.807) is 5.10 Å². The normalized spacial score (nSPS) is 13.8. The number of nitrogens with one attached hydrogen (secondary N) is 2.